The van der Waals surface area contributed by atoms with E-state index in [0.717, 1.165) is 23.7 Å². The zero-order chi connectivity index (χ0) is 11.3. The van der Waals surface area contributed by atoms with Gasteiger partial charge in [0.05, 0.1) is 0 Å². The van der Waals surface area contributed by atoms with Crippen molar-refractivity contribution in [2.75, 3.05) is 0 Å². The van der Waals surface area contributed by atoms with Crippen molar-refractivity contribution in [3.05, 3.63) is 0 Å². The fourth-order valence-corrected chi connectivity index (χ4v) is 4.86. The zero-order valence-corrected chi connectivity index (χ0v) is 11.3. The fourth-order valence-electron chi connectivity index (χ4n) is 4.86. The summed E-state index contributed by atoms with van der Waals surface area (Å²) in [7, 11) is 0. The molecule has 16 heavy (non-hydrogen) atoms. The Bertz CT molecular complexity index is 243. The smallest absolute Gasteiger partial charge is 0.0323 e. The van der Waals surface area contributed by atoms with E-state index in [2.05, 4.69) is 20.8 Å². The molecule has 4 atom stereocenters. The normalized spacial score (nSPS) is 49.5. The van der Waals surface area contributed by atoms with Gasteiger partial charge in [-0.25, -0.2) is 0 Å². The summed E-state index contributed by atoms with van der Waals surface area (Å²) >= 11 is 0. The van der Waals surface area contributed by atoms with E-state index in [1.807, 2.05) is 0 Å². The van der Waals surface area contributed by atoms with Gasteiger partial charge in [0, 0.05) is 0 Å². The molecule has 0 aromatic carbocycles. The fraction of sp³-hybridized carbons (Fsp3) is 1.00. The van der Waals surface area contributed by atoms with Crippen LogP contribution in [0.15, 0.2) is 0 Å². The van der Waals surface area contributed by atoms with Gasteiger partial charge in [-0.15, -0.1) is 0 Å². The molecule has 92 valence electrons. The minimum atomic E-state index is 1.03. The molecule has 0 nitrogen and oxygen atoms in total. The van der Waals surface area contributed by atoms with Crippen molar-refractivity contribution in [3.63, 3.8) is 0 Å². The number of rotatable bonds is 5. The SMILES string of the molecule is CCC(CC)CC1CC(C2CC3C(C)C23)C1. The molecule has 0 spiro atoms. The summed E-state index contributed by atoms with van der Waals surface area (Å²) in [5, 5.41) is 0. The van der Waals surface area contributed by atoms with Crippen LogP contribution in [0.3, 0.4) is 0 Å². The highest BCUT2D eigenvalue weighted by atomic mass is 14.7. The molecule has 0 radical (unpaired) electrons. The third kappa shape index (κ3) is 1.64. The Morgan fingerprint density at radius 3 is 2.12 bits per heavy atom. The highest BCUT2D eigenvalue weighted by Crippen LogP contribution is 2.69. The van der Waals surface area contributed by atoms with Crippen LogP contribution in [0.25, 0.3) is 0 Å². The first-order chi connectivity index (χ1) is 7.74. The molecule has 0 aromatic heterocycles. The van der Waals surface area contributed by atoms with Crippen molar-refractivity contribution in [3.8, 4) is 0 Å². The van der Waals surface area contributed by atoms with Crippen molar-refractivity contribution in [1.82, 2.24) is 0 Å². The molecule has 0 aliphatic heterocycles. The highest BCUT2D eigenvalue weighted by molar-refractivity contribution is 5.11. The molecule has 0 heterocycles. The van der Waals surface area contributed by atoms with Gasteiger partial charge in [0.15, 0.2) is 0 Å². The van der Waals surface area contributed by atoms with Gasteiger partial charge in [0.25, 0.3) is 0 Å². The van der Waals surface area contributed by atoms with E-state index in [0.29, 0.717) is 0 Å². The van der Waals surface area contributed by atoms with Gasteiger partial charge < -0.3 is 0 Å². The molecule has 3 saturated carbocycles. The second-order valence-corrected chi connectivity index (χ2v) is 7.02. The second-order valence-electron chi connectivity index (χ2n) is 7.02. The summed E-state index contributed by atoms with van der Waals surface area (Å²) in [5.41, 5.74) is 0. The van der Waals surface area contributed by atoms with E-state index in [-0.39, 0.29) is 0 Å². The molecular formula is C16H28. The van der Waals surface area contributed by atoms with Crippen molar-refractivity contribution in [2.24, 2.45) is 41.4 Å². The Labute approximate surface area is 101 Å². The molecular weight excluding hydrogens is 192 g/mol. The van der Waals surface area contributed by atoms with Crippen molar-refractivity contribution < 1.29 is 0 Å². The molecule has 0 saturated heterocycles. The van der Waals surface area contributed by atoms with Gasteiger partial charge >= 0.3 is 0 Å². The Kier molecular flexibility index (Phi) is 2.80. The molecule has 0 N–H and O–H groups in total. The van der Waals surface area contributed by atoms with E-state index in [1.165, 1.54) is 30.6 Å². The molecule has 0 heteroatoms. The van der Waals surface area contributed by atoms with Crippen molar-refractivity contribution >= 4 is 0 Å². The highest BCUT2D eigenvalue weighted by Gasteiger charge is 2.62. The van der Waals surface area contributed by atoms with Gasteiger partial charge in [-0.3, -0.25) is 0 Å². The van der Waals surface area contributed by atoms with Gasteiger partial charge in [0.1, 0.15) is 0 Å². The Balaban J connectivity index is 1.39. The second kappa shape index (κ2) is 4.03. The third-order valence-electron chi connectivity index (χ3n) is 6.37. The molecule has 4 unspecified atom stereocenters. The maximum atomic E-state index is 2.48. The van der Waals surface area contributed by atoms with E-state index in [4.69, 9.17) is 0 Å². The zero-order valence-electron chi connectivity index (χ0n) is 11.3. The van der Waals surface area contributed by atoms with E-state index in [1.54, 1.807) is 25.7 Å². The number of hydrogen-bond donors (Lipinski definition) is 0. The Hall–Kier alpha value is 0. The van der Waals surface area contributed by atoms with Gasteiger partial charge in [-0.1, -0.05) is 33.6 Å². The van der Waals surface area contributed by atoms with E-state index < -0.39 is 0 Å². The minimum absolute atomic E-state index is 1.03. The van der Waals surface area contributed by atoms with Gasteiger partial charge in [-0.2, -0.15) is 0 Å². The summed E-state index contributed by atoms with van der Waals surface area (Å²) in [6.07, 6.45) is 9.15. The molecule has 0 bridgehead atoms. The van der Waals surface area contributed by atoms with Crippen LogP contribution in [0.1, 0.15) is 59.3 Å². The largest absolute Gasteiger partial charge is 0.0651 e. The van der Waals surface area contributed by atoms with Crippen molar-refractivity contribution in [2.45, 2.75) is 59.3 Å². The lowest BCUT2D eigenvalue weighted by Gasteiger charge is -2.45. The third-order valence-corrected chi connectivity index (χ3v) is 6.37. The number of hydrogen-bond acceptors (Lipinski definition) is 0. The molecule has 0 aromatic rings. The predicted octanol–water partition coefficient (Wildman–Crippen LogP) is 4.74. The summed E-state index contributed by atoms with van der Waals surface area (Å²) < 4.78 is 0. The van der Waals surface area contributed by atoms with Crippen LogP contribution in [0.2, 0.25) is 0 Å². The lowest BCUT2D eigenvalue weighted by Crippen LogP contribution is -2.36. The first-order valence-corrected chi connectivity index (χ1v) is 7.74. The van der Waals surface area contributed by atoms with Crippen LogP contribution in [0, 0.1) is 41.4 Å². The van der Waals surface area contributed by atoms with Crippen molar-refractivity contribution in [1.29, 1.82) is 0 Å². The molecule has 3 aliphatic carbocycles. The van der Waals surface area contributed by atoms with Gasteiger partial charge in [-0.05, 0) is 67.1 Å². The summed E-state index contributed by atoms with van der Waals surface area (Å²) in [6.45, 7) is 7.22. The lowest BCUT2D eigenvalue weighted by molar-refractivity contribution is 0.0503. The van der Waals surface area contributed by atoms with Crippen LogP contribution < -0.4 is 0 Å². The van der Waals surface area contributed by atoms with Gasteiger partial charge in [0.2, 0.25) is 0 Å². The standard InChI is InChI=1S/C16H28/c1-4-11(5-2)6-12-7-13(8-12)15-9-14-10(3)16(14)15/h10-16H,4-9H2,1-3H3. The average Bonchev–Trinajstić information content (AvgIpc) is 2.70. The van der Waals surface area contributed by atoms with E-state index >= 15 is 0 Å². The van der Waals surface area contributed by atoms with Crippen LogP contribution in [0.5, 0.6) is 0 Å². The van der Waals surface area contributed by atoms with Crippen LogP contribution >= 0.6 is 0 Å². The van der Waals surface area contributed by atoms with Crippen LogP contribution in [-0.2, 0) is 0 Å². The molecule has 3 fully saturated rings. The maximum absolute atomic E-state index is 2.48. The molecule has 3 aliphatic rings. The average molecular weight is 220 g/mol. The Morgan fingerprint density at radius 1 is 1.00 bits per heavy atom. The molecule has 3 rings (SSSR count). The predicted molar refractivity (Wildman–Crippen MR) is 69.2 cm³/mol. The van der Waals surface area contributed by atoms with E-state index in [9.17, 15) is 0 Å². The first-order valence-electron chi connectivity index (χ1n) is 7.74. The van der Waals surface area contributed by atoms with Crippen LogP contribution in [-0.4, -0.2) is 0 Å². The summed E-state index contributed by atoms with van der Waals surface area (Å²) in [6, 6.07) is 0. The number of fused-ring (bicyclic) bond motifs is 1. The summed E-state index contributed by atoms with van der Waals surface area (Å²) in [5.74, 6) is 7.97. The quantitative estimate of drug-likeness (QED) is 0.627. The Morgan fingerprint density at radius 2 is 1.69 bits per heavy atom. The lowest BCUT2D eigenvalue weighted by atomic mass is 9.60. The molecule has 0 amide bonds. The summed E-state index contributed by atoms with van der Waals surface area (Å²) in [4.78, 5) is 0. The monoisotopic (exact) mass is 220 g/mol. The first kappa shape index (κ1) is 11.1. The topological polar surface area (TPSA) is 0 Å². The maximum Gasteiger partial charge on any atom is -0.0323 e. The minimum Gasteiger partial charge on any atom is -0.0651 e. The van der Waals surface area contributed by atoms with Crippen LogP contribution in [0.4, 0.5) is 0 Å².